The molecular weight excluding hydrogens is 296 g/mol. The average Bonchev–Trinajstić information content (AvgIpc) is 2.31. The first kappa shape index (κ1) is 16.1. The summed E-state index contributed by atoms with van der Waals surface area (Å²) in [6, 6.07) is 0. The van der Waals surface area contributed by atoms with Crippen LogP contribution in [0.5, 0.6) is 5.75 Å². The van der Waals surface area contributed by atoms with Crippen molar-refractivity contribution in [2.45, 2.75) is 19.2 Å². The van der Waals surface area contributed by atoms with Crippen LogP contribution >= 0.6 is 0 Å². The highest BCUT2D eigenvalue weighted by atomic mass is 19.4. The van der Waals surface area contributed by atoms with Crippen molar-refractivity contribution in [3.8, 4) is 5.75 Å². The topological polar surface area (TPSA) is 48.4 Å². The minimum atomic E-state index is -5.31. The summed E-state index contributed by atoms with van der Waals surface area (Å²) in [7, 11) is 0.890. The summed E-state index contributed by atoms with van der Waals surface area (Å²) in [5.74, 6) is -4.29. The second-order valence-corrected chi connectivity index (χ2v) is 3.40. The van der Waals surface area contributed by atoms with Crippen LogP contribution in [0.1, 0.15) is 17.7 Å². The van der Waals surface area contributed by atoms with Crippen LogP contribution in [0.2, 0.25) is 0 Å². The molecule has 0 fully saturated rings. The van der Waals surface area contributed by atoms with Gasteiger partial charge in [-0.15, -0.1) is 13.2 Å². The van der Waals surface area contributed by atoms with Crippen LogP contribution in [0.25, 0.3) is 0 Å². The first-order chi connectivity index (χ1) is 9.15. The molecule has 10 heteroatoms. The summed E-state index contributed by atoms with van der Waals surface area (Å²) in [5, 5.41) is 0. The second kappa shape index (κ2) is 5.97. The smallest absolute Gasteiger partial charge is 0.469 e. The van der Waals surface area contributed by atoms with Crippen molar-refractivity contribution in [3.05, 3.63) is 23.3 Å². The molecule has 0 radical (unpaired) electrons. The number of ether oxygens (including phenoxy) is 2. The van der Waals surface area contributed by atoms with Gasteiger partial charge in [0.15, 0.2) is 11.6 Å². The molecule has 1 aromatic rings. The first-order valence-corrected chi connectivity index (χ1v) is 4.93. The van der Waals surface area contributed by atoms with Crippen LogP contribution in [0.15, 0.2) is 6.20 Å². The summed E-state index contributed by atoms with van der Waals surface area (Å²) in [5.41, 5.74) is -2.19. The van der Waals surface area contributed by atoms with Gasteiger partial charge in [-0.3, -0.25) is 9.78 Å². The Bertz CT molecular complexity index is 503. The number of hydrogen-bond donors (Lipinski definition) is 0. The highest BCUT2D eigenvalue weighted by Gasteiger charge is 2.36. The molecule has 0 aromatic carbocycles. The third-order valence-corrected chi connectivity index (χ3v) is 2.09. The van der Waals surface area contributed by atoms with E-state index in [0.29, 0.717) is 0 Å². The molecule has 0 aliphatic heterocycles. The number of carbonyl (C=O) groups is 1. The molecule has 20 heavy (non-hydrogen) atoms. The standard InChI is InChI=1S/C10H7F6NO3/c1-19-6(18)2-4-7(9(12)13)17-3-5(11)8(4)20-10(14,15)16/h3,9H,2H2,1H3. The van der Waals surface area contributed by atoms with Crippen LogP contribution in [0.3, 0.4) is 0 Å². The molecule has 0 spiro atoms. The molecule has 0 aliphatic carbocycles. The van der Waals surface area contributed by atoms with Crippen LogP contribution in [0.4, 0.5) is 26.3 Å². The van der Waals surface area contributed by atoms with Crippen LogP contribution in [-0.2, 0) is 16.0 Å². The molecule has 1 aromatic heterocycles. The lowest BCUT2D eigenvalue weighted by Gasteiger charge is -2.15. The number of esters is 1. The fraction of sp³-hybridized carbons (Fsp3) is 0.400. The van der Waals surface area contributed by atoms with Crippen molar-refractivity contribution < 1.29 is 40.6 Å². The van der Waals surface area contributed by atoms with Gasteiger partial charge < -0.3 is 9.47 Å². The lowest BCUT2D eigenvalue weighted by molar-refractivity contribution is -0.276. The maximum absolute atomic E-state index is 13.3. The number of methoxy groups -OCH3 is 1. The predicted octanol–water partition coefficient (Wildman–Crippen LogP) is 2.77. The zero-order chi connectivity index (χ0) is 15.5. The Kier molecular flexibility index (Phi) is 4.79. The Morgan fingerprint density at radius 3 is 2.45 bits per heavy atom. The Labute approximate surface area is 108 Å². The van der Waals surface area contributed by atoms with Gasteiger partial charge in [0.2, 0.25) is 0 Å². The lowest BCUT2D eigenvalue weighted by Crippen LogP contribution is -2.21. The van der Waals surface area contributed by atoms with Crippen molar-refractivity contribution in [1.29, 1.82) is 0 Å². The highest BCUT2D eigenvalue weighted by molar-refractivity contribution is 5.74. The Morgan fingerprint density at radius 2 is 2.00 bits per heavy atom. The second-order valence-electron chi connectivity index (χ2n) is 3.40. The zero-order valence-corrected chi connectivity index (χ0v) is 9.80. The van der Waals surface area contributed by atoms with E-state index in [2.05, 4.69) is 14.5 Å². The molecule has 1 rings (SSSR count). The maximum atomic E-state index is 13.3. The van der Waals surface area contributed by atoms with E-state index in [0.717, 1.165) is 7.11 Å². The van der Waals surface area contributed by atoms with E-state index in [1.807, 2.05) is 0 Å². The summed E-state index contributed by atoms with van der Waals surface area (Å²) in [6.07, 6.45) is -9.51. The van der Waals surface area contributed by atoms with Gasteiger partial charge in [0.05, 0.1) is 19.7 Å². The predicted molar refractivity (Wildman–Crippen MR) is 51.6 cm³/mol. The van der Waals surface area contributed by atoms with E-state index >= 15 is 0 Å². The van der Waals surface area contributed by atoms with Gasteiger partial charge in [-0.2, -0.15) is 0 Å². The normalized spacial score (nSPS) is 11.6. The number of rotatable bonds is 4. The van der Waals surface area contributed by atoms with Crippen LogP contribution in [0, 0.1) is 5.82 Å². The van der Waals surface area contributed by atoms with Crippen molar-refractivity contribution in [2.75, 3.05) is 7.11 Å². The lowest BCUT2D eigenvalue weighted by atomic mass is 10.1. The zero-order valence-electron chi connectivity index (χ0n) is 9.80. The van der Waals surface area contributed by atoms with E-state index in [1.54, 1.807) is 0 Å². The minimum Gasteiger partial charge on any atom is -0.469 e. The van der Waals surface area contributed by atoms with Crippen molar-refractivity contribution in [3.63, 3.8) is 0 Å². The molecule has 0 atom stereocenters. The van der Waals surface area contributed by atoms with Gasteiger partial charge in [0.25, 0.3) is 6.43 Å². The highest BCUT2D eigenvalue weighted by Crippen LogP contribution is 2.34. The number of halogens is 6. The Hall–Kier alpha value is -2.00. The molecule has 112 valence electrons. The third kappa shape index (κ3) is 4.00. The van der Waals surface area contributed by atoms with Crippen LogP contribution in [-0.4, -0.2) is 24.4 Å². The largest absolute Gasteiger partial charge is 0.573 e. The molecule has 0 aliphatic rings. The number of nitrogens with zero attached hydrogens (tertiary/aromatic N) is 1. The Balaban J connectivity index is 3.37. The number of alkyl halides is 5. The first-order valence-electron chi connectivity index (χ1n) is 4.93. The molecule has 0 saturated heterocycles. The van der Waals surface area contributed by atoms with Crippen LogP contribution < -0.4 is 4.74 Å². The van der Waals surface area contributed by atoms with Gasteiger partial charge in [-0.1, -0.05) is 0 Å². The molecule has 0 amide bonds. The monoisotopic (exact) mass is 303 g/mol. The van der Waals surface area contributed by atoms with Gasteiger partial charge in [-0.25, -0.2) is 13.2 Å². The van der Waals surface area contributed by atoms with E-state index in [1.165, 1.54) is 0 Å². The summed E-state index contributed by atoms with van der Waals surface area (Å²) < 4.78 is 82.5. The SMILES string of the molecule is COC(=O)Cc1c(C(F)F)ncc(F)c1OC(F)(F)F. The van der Waals surface area contributed by atoms with E-state index in [-0.39, 0.29) is 6.20 Å². The molecule has 1 heterocycles. The number of pyridine rings is 1. The molecule has 0 unspecified atom stereocenters. The summed E-state index contributed by atoms with van der Waals surface area (Å²) in [4.78, 5) is 14.0. The van der Waals surface area contributed by atoms with Gasteiger partial charge in [0, 0.05) is 5.56 Å². The van der Waals surface area contributed by atoms with Gasteiger partial charge >= 0.3 is 12.3 Å². The van der Waals surface area contributed by atoms with Gasteiger partial charge in [-0.05, 0) is 0 Å². The molecule has 0 saturated carbocycles. The van der Waals surface area contributed by atoms with Gasteiger partial charge in [0.1, 0.15) is 5.69 Å². The van der Waals surface area contributed by atoms with Crippen molar-refractivity contribution in [2.24, 2.45) is 0 Å². The number of carbonyl (C=O) groups excluding carboxylic acids is 1. The maximum Gasteiger partial charge on any atom is 0.573 e. The minimum absolute atomic E-state index is 0.156. The number of aromatic nitrogens is 1. The third-order valence-electron chi connectivity index (χ3n) is 2.09. The number of hydrogen-bond acceptors (Lipinski definition) is 4. The average molecular weight is 303 g/mol. The van der Waals surface area contributed by atoms with E-state index < -0.39 is 48.0 Å². The van der Waals surface area contributed by atoms with Crippen molar-refractivity contribution >= 4 is 5.97 Å². The quantitative estimate of drug-likeness (QED) is 0.634. The summed E-state index contributed by atoms with van der Waals surface area (Å²) >= 11 is 0. The van der Waals surface area contributed by atoms with E-state index in [9.17, 15) is 31.1 Å². The van der Waals surface area contributed by atoms with E-state index in [4.69, 9.17) is 0 Å². The molecular formula is C10H7F6NO3. The van der Waals surface area contributed by atoms with Crippen molar-refractivity contribution in [1.82, 2.24) is 4.98 Å². The summed E-state index contributed by atoms with van der Waals surface area (Å²) in [6.45, 7) is 0. The molecule has 0 N–H and O–H groups in total. The fourth-order valence-electron chi connectivity index (χ4n) is 1.32. The molecule has 0 bridgehead atoms. The Morgan fingerprint density at radius 1 is 1.40 bits per heavy atom. The molecule has 4 nitrogen and oxygen atoms in total. The fourth-order valence-corrected chi connectivity index (χ4v) is 1.32.